The van der Waals surface area contributed by atoms with Crippen molar-refractivity contribution < 1.29 is 19.4 Å². The van der Waals surface area contributed by atoms with E-state index in [9.17, 15) is 14.7 Å². The SMILES string of the molecule is O=C(O)c1cccc2c(C(=O)Oc3ccccc3)cccc12. The number of para-hydroxylation sites is 1. The molecular formula is C18H12O4. The smallest absolute Gasteiger partial charge is 0.344 e. The van der Waals surface area contributed by atoms with Gasteiger partial charge in [-0.05, 0) is 35.0 Å². The van der Waals surface area contributed by atoms with E-state index in [2.05, 4.69) is 0 Å². The van der Waals surface area contributed by atoms with Crippen molar-refractivity contribution in [3.63, 3.8) is 0 Å². The molecule has 0 heterocycles. The second-order valence-corrected chi connectivity index (χ2v) is 4.71. The number of rotatable bonds is 3. The van der Waals surface area contributed by atoms with Gasteiger partial charge in [0, 0.05) is 0 Å². The average Bonchev–Trinajstić information content (AvgIpc) is 2.54. The summed E-state index contributed by atoms with van der Waals surface area (Å²) >= 11 is 0. The minimum Gasteiger partial charge on any atom is -0.478 e. The molecule has 0 unspecified atom stereocenters. The Bertz CT molecular complexity index is 853. The second kappa shape index (κ2) is 5.69. The number of carboxylic acid groups (broad SMARTS) is 1. The largest absolute Gasteiger partial charge is 0.478 e. The first-order valence-corrected chi connectivity index (χ1v) is 6.69. The number of hydrogen-bond acceptors (Lipinski definition) is 3. The molecule has 0 bridgehead atoms. The first kappa shape index (κ1) is 13.8. The van der Waals surface area contributed by atoms with Crippen LogP contribution in [0.1, 0.15) is 20.7 Å². The van der Waals surface area contributed by atoms with E-state index in [0.29, 0.717) is 22.1 Å². The van der Waals surface area contributed by atoms with E-state index >= 15 is 0 Å². The van der Waals surface area contributed by atoms with Crippen LogP contribution >= 0.6 is 0 Å². The Balaban J connectivity index is 2.06. The zero-order valence-corrected chi connectivity index (χ0v) is 11.5. The number of carbonyl (C=O) groups is 2. The van der Waals surface area contributed by atoms with E-state index in [4.69, 9.17) is 4.74 Å². The average molecular weight is 292 g/mol. The lowest BCUT2D eigenvalue weighted by Gasteiger charge is -2.08. The van der Waals surface area contributed by atoms with Crippen molar-refractivity contribution in [2.24, 2.45) is 0 Å². The van der Waals surface area contributed by atoms with Gasteiger partial charge in [0.05, 0.1) is 11.1 Å². The minimum absolute atomic E-state index is 0.159. The first-order chi connectivity index (χ1) is 10.7. The van der Waals surface area contributed by atoms with Crippen LogP contribution in [0.2, 0.25) is 0 Å². The zero-order chi connectivity index (χ0) is 15.5. The minimum atomic E-state index is -1.03. The summed E-state index contributed by atoms with van der Waals surface area (Å²) in [6.45, 7) is 0. The molecule has 0 atom stereocenters. The molecule has 0 saturated carbocycles. The van der Waals surface area contributed by atoms with Crippen molar-refractivity contribution >= 4 is 22.7 Å². The number of fused-ring (bicyclic) bond motifs is 1. The van der Waals surface area contributed by atoms with E-state index < -0.39 is 11.9 Å². The fourth-order valence-electron chi connectivity index (χ4n) is 2.33. The van der Waals surface area contributed by atoms with E-state index in [1.54, 1.807) is 54.6 Å². The van der Waals surface area contributed by atoms with E-state index in [1.807, 2.05) is 6.07 Å². The number of benzene rings is 3. The Morgan fingerprint density at radius 2 is 1.32 bits per heavy atom. The van der Waals surface area contributed by atoms with Gasteiger partial charge >= 0.3 is 11.9 Å². The molecule has 3 rings (SSSR count). The van der Waals surface area contributed by atoms with E-state index in [-0.39, 0.29) is 5.56 Å². The number of ether oxygens (including phenoxy) is 1. The highest BCUT2D eigenvalue weighted by atomic mass is 16.5. The number of carbonyl (C=O) groups excluding carboxylic acids is 1. The van der Waals surface area contributed by atoms with Crippen molar-refractivity contribution in [1.82, 2.24) is 0 Å². The zero-order valence-electron chi connectivity index (χ0n) is 11.5. The van der Waals surface area contributed by atoms with Crippen LogP contribution in [-0.2, 0) is 0 Å². The van der Waals surface area contributed by atoms with Gasteiger partial charge in [0.25, 0.3) is 0 Å². The quantitative estimate of drug-likeness (QED) is 0.589. The highest BCUT2D eigenvalue weighted by molar-refractivity contribution is 6.11. The lowest BCUT2D eigenvalue weighted by molar-refractivity contribution is 0.0695. The molecule has 108 valence electrons. The molecule has 3 aromatic carbocycles. The fourth-order valence-corrected chi connectivity index (χ4v) is 2.33. The maximum absolute atomic E-state index is 12.3. The standard InChI is InChI=1S/C18H12O4/c19-17(20)15-10-4-9-14-13(15)8-5-11-16(14)18(21)22-12-6-2-1-3-7-12/h1-11H,(H,19,20). The summed E-state index contributed by atoms with van der Waals surface area (Å²) < 4.78 is 5.32. The molecular weight excluding hydrogens is 280 g/mol. The van der Waals surface area contributed by atoms with E-state index in [1.165, 1.54) is 6.07 Å². The van der Waals surface area contributed by atoms with E-state index in [0.717, 1.165) is 0 Å². The number of aromatic carboxylic acids is 1. The van der Waals surface area contributed by atoms with Crippen molar-refractivity contribution in [1.29, 1.82) is 0 Å². The fraction of sp³-hybridized carbons (Fsp3) is 0. The Morgan fingerprint density at radius 3 is 1.95 bits per heavy atom. The van der Waals surface area contributed by atoms with Gasteiger partial charge in [0.1, 0.15) is 5.75 Å². The summed E-state index contributed by atoms with van der Waals surface area (Å²) in [6, 6.07) is 18.5. The molecule has 0 aliphatic rings. The number of carboxylic acids is 1. The summed E-state index contributed by atoms with van der Waals surface area (Å²) in [7, 11) is 0. The maximum Gasteiger partial charge on any atom is 0.344 e. The summed E-state index contributed by atoms with van der Waals surface area (Å²) in [6.07, 6.45) is 0. The molecule has 1 N–H and O–H groups in total. The van der Waals surface area contributed by atoms with Crippen molar-refractivity contribution in [3.05, 3.63) is 77.9 Å². The Hall–Kier alpha value is -3.14. The van der Waals surface area contributed by atoms with Crippen molar-refractivity contribution in [3.8, 4) is 5.75 Å². The van der Waals surface area contributed by atoms with Crippen LogP contribution in [0.5, 0.6) is 5.75 Å². The molecule has 0 radical (unpaired) electrons. The van der Waals surface area contributed by atoms with Crippen LogP contribution < -0.4 is 4.74 Å². The maximum atomic E-state index is 12.3. The third-order valence-corrected chi connectivity index (χ3v) is 3.33. The second-order valence-electron chi connectivity index (χ2n) is 4.71. The predicted molar refractivity (Wildman–Crippen MR) is 82.3 cm³/mol. The normalized spacial score (nSPS) is 10.4. The summed E-state index contributed by atoms with van der Waals surface area (Å²) in [5, 5.41) is 10.3. The van der Waals surface area contributed by atoms with Gasteiger partial charge in [-0.2, -0.15) is 0 Å². The van der Waals surface area contributed by atoms with Crippen LogP contribution in [0.25, 0.3) is 10.8 Å². The van der Waals surface area contributed by atoms with Crippen LogP contribution in [0.3, 0.4) is 0 Å². The van der Waals surface area contributed by atoms with Gasteiger partial charge in [-0.1, -0.05) is 42.5 Å². The molecule has 0 amide bonds. The van der Waals surface area contributed by atoms with Crippen LogP contribution in [0.4, 0.5) is 0 Å². The molecule has 4 heteroatoms. The highest BCUT2D eigenvalue weighted by Crippen LogP contribution is 2.24. The lowest BCUT2D eigenvalue weighted by Crippen LogP contribution is -2.09. The summed E-state index contributed by atoms with van der Waals surface area (Å²) in [5.74, 6) is -1.10. The number of esters is 1. The molecule has 0 saturated heterocycles. The summed E-state index contributed by atoms with van der Waals surface area (Å²) in [4.78, 5) is 23.6. The number of hydrogen-bond donors (Lipinski definition) is 1. The topological polar surface area (TPSA) is 63.6 Å². The Kier molecular flexibility index (Phi) is 3.58. The third kappa shape index (κ3) is 2.54. The molecule has 0 spiro atoms. The van der Waals surface area contributed by atoms with Crippen molar-refractivity contribution in [2.75, 3.05) is 0 Å². The third-order valence-electron chi connectivity index (χ3n) is 3.33. The molecule has 0 aliphatic heterocycles. The molecule has 0 aromatic heterocycles. The van der Waals surface area contributed by atoms with Gasteiger partial charge in [-0.3, -0.25) is 0 Å². The predicted octanol–water partition coefficient (Wildman–Crippen LogP) is 3.76. The molecule has 0 fully saturated rings. The van der Waals surface area contributed by atoms with Gasteiger partial charge in [-0.25, -0.2) is 9.59 Å². The molecule has 0 aliphatic carbocycles. The Labute approximate surface area is 126 Å². The lowest BCUT2D eigenvalue weighted by atomic mass is 10.00. The van der Waals surface area contributed by atoms with Crippen LogP contribution in [-0.4, -0.2) is 17.0 Å². The van der Waals surface area contributed by atoms with Crippen molar-refractivity contribution in [2.45, 2.75) is 0 Å². The summed E-state index contributed by atoms with van der Waals surface area (Å²) in [5.41, 5.74) is 0.497. The van der Waals surface area contributed by atoms with Gasteiger partial charge in [0.15, 0.2) is 0 Å². The first-order valence-electron chi connectivity index (χ1n) is 6.69. The molecule has 4 nitrogen and oxygen atoms in total. The molecule has 22 heavy (non-hydrogen) atoms. The van der Waals surface area contributed by atoms with Gasteiger partial charge < -0.3 is 9.84 Å². The van der Waals surface area contributed by atoms with Gasteiger partial charge in [-0.15, -0.1) is 0 Å². The van der Waals surface area contributed by atoms with Crippen LogP contribution in [0, 0.1) is 0 Å². The van der Waals surface area contributed by atoms with Crippen LogP contribution in [0.15, 0.2) is 66.7 Å². The molecule has 3 aromatic rings. The Morgan fingerprint density at radius 1 is 0.727 bits per heavy atom. The van der Waals surface area contributed by atoms with Gasteiger partial charge in [0.2, 0.25) is 0 Å². The highest BCUT2D eigenvalue weighted by Gasteiger charge is 2.15. The monoisotopic (exact) mass is 292 g/mol.